The van der Waals surface area contributed by atoms with Crippen LogP contribution in [0.4, 0.5) is 17.1 Å². The molecule has 0 aliphatic rings. The Hall–Kier alpha value is -4.18. The lowest BCUT2D eigenvalue weighted by Gasteiger charge is -2.19. The molecule has 0 saturated carbocycles. The number of carbonyl (C=O) groups is 1. The van der Waals surface area contributed by atoms with Gasteiger partial charge in [-0.1, -0.05) is 24.3 Å². The van der Waals surface area contributed by atoms with E-state index < -0.39 is 20.9 Å². The first-order valence-corrected chi connectivity index (χ1v) is 10.9. The van der Waals surface area contributed by atoms with E-state index in [1.807, 2.05) is 0 Å². The van der Waals surface area contributed by atoms with Crippen molar-refractivity contribution >= 4 is 43.9 Å². The fourth-order valence-corrected chi connectivity index (χ4v) is 4.52. The van der Waals surface area contributed by atoms with Crippen LogP contribution in [0.2, 0.25) is 0 Å². The molecule has 10 heteroatoms. The minimum atomic E-state index is -3.85. The van der Waals surface area contributed by atoms with Crippen LogP contribution in [-0.4, -0.2) is 31.3 Å². The number of sulfonamides is 1. The lowest BCUT2D eigenvalue weighted by atomic mass is 10.1. The van der Waals surface area contributed by atoms with E-state index in [4.69, 9.17) is 0 Å². The van der Waals surface area contributed by atoms with Crippen molar-refractivity contribution in [1.29, 1.82) is 0 Å². The summed E-state index contributed by atoms with van der Waals surface area (Å²) in [6.45, 7) is 0. The minimum absolute atomic E-state index is 0.0104. The summed E-state index contributed by atoms with van der Waals surface area (Å²) >= 11 is 0. The normalized spacial score (nSPS) is 11.3. The molecule has 0 aliphatic heterocycles. The van der Waals surface area contributed by atoms with E-state index >= 15 is 0 Å². The molecule has 0 radical (unpaired) electrons. The molecular weight excluding hydrogens is 432 g/mol. The predicted octanol–water partition coefficient (Wildman–Crippen LogP) is 4.15. The summed E-state index contributed by atoms with van der Waals surface area (Å²) < 4.78 is 27.2. The van der Waals surface area contributed by atoms with Gasteiger partial charge in [-0.2, -0.15) is 0 Å². The number of nitrogens with one attached hydrogen (secondary N) is 2. The highest BCUT2D eigenvalue weighted by Crippen LogP contribution is 2.26. The number of carbonyl (C=O) groups excluding carboxylic acids is 1. The van der Waals surface area contributed by atoms with Crippen molar-refractivity contribution in [1.82, 2.24) is 4.98 Å². The monoisotopic (exact) mass is 450 g/mol. The van der Waals surface area contributed by atoms with Crippen molar-refractivity contribution in [3.63, 3.8) is 0 Å². The third kappa shape index (κ3) is 3.91. The van der Waals surface area contributed by atoms with Gasteiger partial charge in [0.05, 0.1) is 21.1 Å². The predicted molar refractivity (Wildman–Crippen MR) is 121 cm³/mol. The van der Waals surface area contributed by atoms with Crippen LogP contribution in [0, 0.1) is 10.1 Å². The van der Waals surface area contributed by atoms with Crippen molar-refractivity contribution in [3.05, 3.63) is 94.7 Å². The number of nitro benzene ring substituents is 1. The Morgan fingerprint density at radius 1 is 1.03 bits per heavy atom. The number of fused-ring (bicyclic) bond motifs is 1. The number of non-ortho nitro benzene ring substituents is 1. The fraction of sp³-hybridized carbons (Fsp3) is 0.0455. The van der Waals surface area contributed by atoms with Gasteiger partial charge in [-0.25, -0.2) is 8.42 Å². The molecule has 4 aromatic rings. The van der Waals surface area contributed by atoms with Crippen molar-refractivity contribution in [2.24, 2.45) is 0 Å². The maximum absolute atomic E-state index is 13.0. The third-order valence-corrected chi connectivity index (χ3v) is 6.77. The SMILES string of the molecule is CN(c1ccccc1)S(=O)(=O)c1cccc(NC(=O)c2c[nH]c3ccc([N+](=O)[O-])cc23)c1. The van der Waals surface area contributed by atoms with Gasteiger partial charge in [0.15, 0.2) is 0 Å². The molecule has 3 aromatic carbocycles. The van der Waals surface area contributed by atoms with Crippen molar-refractivity contribution in [3.8, 4) is 0 Å². The van der Waals surface area contributed by atoms with Gasteiger partial charge in [-0.15, -0.1) is 0 Å². The van der Waals surface area contributed by atoms with E-state index in [0.29, 0.717) is 16.6 Å². The average molecular weight is 450 g/mol. The van der Waals surface area contributed by atoms with Crippen LogP contribution in [0.5, 0.6) is 0 Å². The molecule has 1 amide bonds. The van der Waals surface area contributed by atoms with E-state index in [-0.39, 0.29) is 21.8 Å². The zero-order valence-corrected chi connectivity index (χ0v) is 17.7. The van der Waals surface area contributed by atoms with Crippen molar-refractivity contribution in [2.75, 3.05) is 16.7 Å². The van der Waals surface area contributed by atoms with Gasteiger partial charge in [0.1, 0.15) is 0 Å². The molecule has 0 aliphatic carbocycles. The summed E-state index contributed by atoms with van der Waals surface area (Å²) in [5.41, 5.74) is 1.42. The number of amides is 1. The number of benzene rings is 3. The molecule has 0 bridgehead atoms. The second-order valence-electron chi connectivity index (χ2n) is 6.98. The Kier molecular flexibility index (Phi) is 5.37. The van der Waals surface area contributed by atoms with E-state index in [1.54, 1.807) is 36.4 Å². The van der Waals surface area contributed by atoms with Crippen LogP contribution in [0.3, 0.4) is 0 Å². The maximum Gasteiger partial charge on any atom is 0.270 e. The summed E-state index contributed by atoms with van der Waals surface area (Å²) in [5, 5.41) is 14.1. The summed E-state index contributed by atoms with van der Waals surface area (Å²) in [7, 11) is -2.40. The molecule has 32 heavy (non-hydrogen) atoms. The first kappa shape index (κ1) is 21.1. The number of anilines is 2. The number of para-hydroxylation sites is 1. The number of hydrogen-bond donors (Lipinski definition) is 2. The fourth-order valence-electron chi connectivity index (χ4n) is 3.28. The summed E-state index contributed by atoms with van der Waals surface area (Å²) in [6, 6.07) is 18.7. The van der Waals surface area contributed by atoms with Gasteiger partial charge in [0, 0.05) is 42.0 Å². The zero-order valence-electron chi connectivity index (χ0n) is 16.8. The number of H-pyrrole nitrogens is 1. The van der Waals surface area contributed by atoms with Gasteiger partial charge < -0.3 is 10.3 Å². The lowest BCUT2D eigenvalue weighted by Crippen LogP contribution is -2.26. The standard InChI is InChI=1S/C22H18N4O5S/c1-25(16-7-3-2-4-8-16)32(30,31)18-9-5-6-15(12-18)24-22(27)20-14-23-21-11-10-17(26(28)29)13-19(20)21/h2-14,23H,1H3,(H,24,27). The lowest BCUT2D eigenvalue weighted by molar-refractivity contribution is -0.384. The number of hydrogen-bond acceptors (Lipinski definition) is 5. The van der Waals surface area contributed by atoms with Gasteiger partial charge in [0.25, 0.3) is 21.6 Å². The largest absolute Gasteiger partial charge is 0.360 e. The Morgan fingerprint density at radius 2 is 1.78 bits per heavy atom. The van der Waals surface area contributed by atoms with Crippen molar-refractivity contribution in [2.45, 2.75) is 4.90 Å². The Morgan fingerprint density at radius 3 is 2.50 bits per heavy atom. The van der Waals surface area contributed by atoms with Gasteiger partial charge in [-0.05, 0) is 36.4 Å². The Bertz CT molecular complexity index is 1430. The summed E-state index contributed by atoms with van der Waals surface area (Å²) in [6.07, 6.45) is 1.45. The molecule has 9 nitrogen and oxygen atoms in total. The molecule has 0 spiro atoms. The second-order valence-corrected chi connectivity index (χ2v) is 8.95. The zero-order chi connectivity index (χ0) is 22.9. The van der Waals surface area contributed by atoms with Crippen LogP contribution in [0.1, 0.15) is 10.4 Å². The van der Waals surface area contributed by atoms with E-state index in [9.17, 15) is 23.3 Å². The number of nitrogens with zero attached hydrogens (tertiary/aromatic N) is 2. The number of nitro groups is 1. The topological polar surface area (TPSA) is 125 Å². The molecule has 0 unspecified atom stereocenters. The van der Waals surface area contributed by atoms with Gasteiger partial charge >= 0.3 is 0 Å². The van der Waals surface area contributed by atoms with Gasteiger partial charge in [0.2, 0.25) is 0 Å². The first-order valence-electron chi connectivity index (χ1n) is 9.48. The van der Waals surface area contributed by atoms with Crippen LogP contribution in [0.15, 0.2) is 83.9 Å². The maximum atomic E-state index is 13.0. The average Bonchev–Trinajstić information content (AvgIpc) is 3.22. The highest BCUT2D eigenvalue weighted by molar-refractivity contribution is 7.92. The molecular formula is C22H18N4O5S. The minimum Gasteiger partial charge on any atom is -0.360 e. The Labute approximate surface area is 183 Å². The number of aromatic amines is 1. The molecule has 1 heterocycles. The summed E-state index contributed by atoms with van der Waals surface area (Å²) in [5.74, 6) is -0.525. The molecule has 162 valence electrons. The molecule has 4 rings (SSSR count). The summed E-state index contributed by atoms with van der Waals surface area (Å²) in [4.78, 5) is 26.3. The molecule has 0 fully saturated rings. The second kappa shape index (κ2) is 8.16. The van der Waals surface area contributed by atoms with Crippen molar-refractivity contribution < 1.29 is 18.1 Å². The highest BCUT2D eigenvalue weighted by Gasteiger charge is 2.22. The smallest absolute Gasteiger partial charge is 0.270 e. The van der Waals surface area contributed by atoms with Crippen LogP contribution < -0.4 is 9.62 Å². The van der Waals surface area contributed by atoms with E-state index in [2.05, 4.69) is 10.3 Å². The van der Waals surface area contributed by atoms with Crippen LogP contribution in [0.25, 0.3) is 10.9 Å². The quantitative estimate of drug-likeness (QED) is 0.337. The molecule has 2 N–H and O–H groups in total. The third-order valence-electron chi connectivity index (χ3n) is 4.99. The van der Waals surface area contributed by atoms with Crippen LogP contribution in [-0.2, 0) is 10.0 Å². The highest BCUT2D eigenvalue weighted by atomic mass is 32.2. The number of aromatic nitrogens is 1. The molecule has 0 saturated heterocycles. The number of rotatable bonds is 6. The first-order chi connectivity index (χ1) is 15.3. The van der Waals surface area contributed by atoms with E-state index in [0.717, 1.165) is 4.31 Å². The molecule has 1 aromatic heterocycles. The van der Waals surface area contributed by atoms with E-state index in [1.165, 1.54) is 49.6 Å². The Balaban J connectivity index is 1.62. The molecule has 0 atom stereocenters. The van der Waals surface area contributed by atoms with Crippen LogP contribution >= 0.6 is 0 Å². The van der Waals surface area contributed by atoms with Gasteiger partial charge in [-0.3, -0.25) is 19.2 Å².